The maximum atomic E-state index is 6.13. The van der Waals surface area contributed by atoms with Crippen LogP contribution in [0.2, 0.25) is 19.6 Å². The third-order valence-corrected chi connectivity index (χ3v) is 3.87. The van der Waals surface area contributed by atoms with Gasteiger partial charge in [-0.2, -0.15) is 0 Å². The lowest BCUT2D eigenvalue weighted by atomic mass is 10.2. The standard InChI is InChI=1S/C16H23N3OSi/c1-13-7-6-8-15(20-21(3,4)5)16(13)18-10-12-19-11-9-17-14(19)2/h6-11H,12H2,1-5H3. The molecule has 0 spiro atoms. The summed E-state index contributed by atoms with van der Waals surface area (Å²) in [6, 6.07) is 6.08. The zero-order chi connectivity index (χ0) is 15.5. The number of aryl methyl sites for hydroxylation is 2. The molecular formula is C16H23N3OSi. The van der Waals surface area contributed by atoms with Crippen molar-refractivity contribution >= 4 is 20.2 Å². The van der Waals surface area contributed by atoms with Crippen LogP contribution in [-0.2, 0) is 6.54 Å². The fourth-order valence-corrected chi connectivity index (χ4v) is 2.85. The van der Waals surface area contributed by atoms with E-state index in [0.29, 0.717) is 6.54 Å². The predicted molar refractivity (Wildman–Crippen MR) is 90.3 cm³/mol. The van der Waals surface area contributed by atoms with E-state index in [1.54, 1.807) is 6.20 Å². The Morgan fingerprint density at radius 1 is 1.29 bits per heavy atom. The Morgan fingerprint density at radius 3 is 2.67 bits per heavy atom. The second-order valence-corrected chi connectivity index (χ2v) is 10.5. The summed E-state index contributed by atoms with van der Waals surface area (Å²) in [7, 11) is -1.64. The number of aromatic nitrogens is 2. The van der Waals surface area contributed by atoms with Crippen LogP contribution in [0.3, 0.4) is 0 Å². The SMILES string of the molecule is Cc1cccc(O[Si](C)(C)C)c1N=CCn1ccnc1C. The first-order valence-electron chi connectivity index (χ1n) is 7.16. The molecule has 0 aliphatic heterocycles. The maximum Gasteiger partial charge on any atom is 0.242 e. The van der Waals surface area contributed by atoms with Gasteiger partial charge in [0.2, 0.25) is 8.32 Å². The van der Waals surface area contributed by atoms with Crippen molar-refractivity contribution in [3.8, 4) is 5.75 Å². The van der Waals surface area contributed by atoms with Crippen molar-refractivity contribution in [1.82, 2.24) is 9.55 Å². The van der Waals surface area contributed by atoms with Gasteiger partial charge >= 0.3 is 0 Å². The minimum Gasteiger partial charge on any atom is -0.543 e. The highest BCUT2D eigenvalue weighted by atomic mass is 28.4. The summed E-state index contributed by atoms with van der Waals surface area (Å²) in [6.07, 6.45) is 5.67. The number of aliphatic imine (C=N–C) groups is 1. The summed E-state index contributed by atoms with van der Waals surface area (Å²) in [5.41, 5.74) is 2.06. The molecule has 0 aliphatic carbocycles. The Labute approximate surface area is 127 Å². The molecule has 0 saturated heterocycles. The zero-order valence-electron chi connectivity index (χ0n) is 13.4. The molecule has 2 aromatic rings. The molecule has 21 heavy (non-hydrogen) atoms. The van der Waals surface area contributed by atoms with E-state index in [9.17, 15) is 0 Å². The molecule has 0 bridgehead atoms. The minimum atomic E-state index is -1.64. The molecule has 0 saturated carbocycles. The monoisotopic (exact) mass is 301 g/mol. The molecule has 1 aromatic carbocycles. The van der Waals surface area contributed by atoms with Gasteiger partial charge in [-0.25, -0.2) is 4.98 Å². The Morgan fingerprint density at radius 2 is 2.05 bits per heavy atom. The van der Waals surface area contributed by atoms with Crippen molar-refractivity contribution in [2.24, 2.45) is 4.99 Å². The number of hydrogen-bond donors (Lipinski definition) is 0. The molecule has 0 amide bonds. The Hall–Kier alpha value is -1.88. The lowest BCUT2D eigenvalue weighted by Crippen LogP contribution is -2.29. The first-order chi connectivity index (χ1) is 9.87. The molecule has 0 fully saturated rings. The number of rotatable bonds is 5. The van der Waals surface area contributed by atoms with Gasteiger partial charge in [0.1, 0.15) is 17.3 Å². The van der Waals surface area contributed by atoms with Crippen LogP contribution in [0.4, 0.5) is 5.69 Å². The number of hydrogen-bond acceptors (Lipinski definition) is 3. The van der Waals surface area contributed by atoms with Gasteiger partial charge in [-0.05, 0) is 45.1 Å². The van der Waals surface area contributed by atoms with Gasteiger partial charge in [0.05, 0.1) is 6.54 Å². The van der Waals surface area contributed by atoms with Gasteiger partial charge in [0, 0.05) is 18.6 Å². The summed E-state index contributed by atoms with van der Waals surface area (Å²) < 4.78 is 8.19. The van der Waals surface area contributed by atoms with E-state index >= 15 is 0 Å². The first kappa shape index (κ1) is 15.5. The lowest BCUT2D eigenvalue weighted by molar-refractivity contribution is 0.558. The van der Waals surface area contributed by atoms with E-state index in [-0.39, 0.29) is 0 Å². The van der Waals surface area contributed by atoms with Crippen LogP contribution in [0.5, 0.6) is 5.75 Å². The minimum absolute atomic E-state index is 0.715. The summed E-state index contributed by atoms with van der Waals surface area (Å²) in [5, 5.41) is 0. The molecule has 0 aliphatic rings. The molecule has 0 atom stereocenters. The van der Waals surface area contributed by atoms with Crippen molar-refractivity contribution < 1.29 is 4.43 Å². The molecule has 0 N–H and O–H groups in total. The van der Waals surface area contributed by atoms with Gasteiger partial charge in [-0.1, -0.05) is 12.1 Å². The second kappa shape index (κ2) is 6.26. The van der Waals surface area contributed by atoms with Gasteiger partial charge in [0.25, 0.3) is 0 Å². The highest BCUT2D eigenvalue weighted by Crippen LogP contribution is 2.32. The van der Waals surface area contributed by atoms with E-state index in [1.807, 2.05) is 31.5 Å². The van der Waals surface area contributed by atoms with E-state index in [4.69, 9.17) is 4.43 Å². The van der Waals surface area contributed by atoms with Crippen LogP contribution in [-0.4, -0.2) is 24.1 Å². The largest absolute Gasteiger partial charge is 0.543 e. The summed E-state index contributed by atoms with van der Waals surface area (Å²) >= 11 is 0. The van der Waals surface area contributed by atoms with Crippen LogP contribution in [0, 0.1) is 13.8 Å². The third-order valence-electron chi connectivity index (χ3n) is 3.04. The van der Waals surface area contributed by atoms with E-state index < -0.39 is 8.32 Å². The van der Waals surface area contributed by atoms with E-state index in [0.717, 1.165) is 22.8 Å². The van der Waals surface area contributed by atoms with E-state index in [1.165, 1.54) is 0 Å². The molecule has 0 radical (unpaired) electrons. The number of imidazole rings is 1. The van der Waals surface area contributed by atoms with Crippen LogP contribution >= 0.6 is 0 Å². The average molecular weight is 301 g/mol. The normalized spacial score (nSPS) is 12.0. The van der Waals surface area contributed by atoms with Gasteiger partial charge in [-0.15, -0.1) is 0 Å². The Balaban J connectivity index is 2.20. The van der Waals surface area contributed by atoms with Crippen molar-refractivity contribution in [3.63, 3.8) is 0 Å². The molecular weight excluding hydrogens is 278 g/mol. The summed E-state index contributed by atoms with van der Waals surface area (Å²) in [6.45, 7) is 11.3. The third kappa shape index (κ3) is 4.29. The highest BCUT2D eigenvalue weighted by Gasteiger charge is 2.18. The Kier molecular flexibility index (Phi) is 4.62. The molecule has 2 rings (SSSR count). The van der Waals surface area contributed by atoms with Crippen LogP contribution in [0.1, 0.15) is 11.4 Å². The topological polar surface area (TPSA) is 39.4 Å². The quantitative estimate of drug-likeness (QED) is 0.615. The van der Waals surface area contributed by atoms with Crippen LogP contribution in [0.15, 0.2) is 35.6 Å². The molecule has 1 aromatic heterocycles. The van der Waals surface area contributed by atoms with Crippen molar-refractivity contribution in [3.05, 3.63) is 42.0 Å². The van der Waals surface area contributed by atoms with Crippen LogP contribution < -0.4 is 4.43 Å². The van der Waals surface area contributed by atoms with Crippen LogP contribution in [0.25, 0.3) is 0 Å². The summed E-state index contributed by atoms with van der Waals surface area (Å²) in [5.74, 6) is 1.87. The fourth-order valence-electron chi connectivity index (χ4n) is 2.03. The average Bonchev–Trinajstić information content (AvgIpc) is 2.77. The fraction of sp³-hybridized carbons (Fsp3) is 0.375. The smallest absolute Gasteiger partial charge is 0.242 e. The van der Waals surface area contributed by atoms with Gasteiger partial charge in [-0.3, -0.25) is 4.99 Å². The molecule has 4 nitrogen and oxygen atoms in total. The maximum absolute atomic E-state index is 6.13. The van der Waals surface area contributed by atoms with Gasteiger partial charge in [0.15, 0.2) is 0 Å². The predicted octanol–water partition coefficient (Wildman–Crippen LogP) is 4.12. The zero-order valence-corrected chi connectivity index (χ0v) is 14.4. The first-order valence-corrected chi connectivity index (χ1v) is 10.6. The Bertz CT molecular complexity index is 641. The van der Waals surface area contributed by atoms with Crippen molar-refractivity contribution in [1.29, 1.82) is 0 Å². The second-order valence-electron chi connectivity index (χ2n) is 6.07. The lowest BCUT2D eigenvalue weighted by Gasteiger charge is -2.21. The molecule has 1 heterocycles. The van der Waals surface area contributed by atoms with Gasteiger partial charge < -0.3 is 8.99 Å². The number of benzene rings is 1. The summed E-state index contributed by atoms with van der Waals surface area (Å²) in [4.78, 5) is 8.84. The van der Waals surface area contributed by atoms with E-state index in [2.05, 4.69) is 47.2 Å². The molecule has 0 unspecified atom stereocenters. The number of nitrogens with zero attached hydrogens (tertiary/aromatic N) is 3. The van der Waals surface area contributed by atoms with Crippen molar-refractivity contribution in [2.75, 3.05) is 0 Å². The molecule has 112 valence electrons. The van der Waals surface area contributed by atoms with Crippen molar-refractivity contribution in [2.45, 2.75) is 40.0 Å². The number of para-hydroxylation sites is 1. The molecule has 5 heteroatoms. The highest BCUT2D eigenvalue weighted by molar-refractivity contribution is 6.70.